The van der Waals surface area contributed by atoms with Crippen LogP contribution in [0.15, 0.2) is 48.8 Å². The Morgan fingerprint density at radius 2 is 1.88 bits per heavy atom. The summed E-state index contributed by atoms with van der Waals surface area (Å²) in [5.74, 6) is 0.193. The zero-order chi connectivity index (χ0) is 21.8. The summed E-state index contributed by atoms with van der Waals surface area (Å²) >= 11 is 1.57. The number of carbonyl (C=O) groups is 1. The molecule has 1 fully saturated rings. The molecule has 1 N–H and O–H groups in total. The van der Waals surface area contributed by atoms with Gasteiger partial charge in [0.25, 0.3) is 0 Å². The van der Waals surface area contributed by atoms with E-state index in [1.54, 1.807) is 11.3 Å². The predicted octanol–water partition coefficient (Wildman–Crippen LogP) is 3.11. The number of nitrogens with zero attached hydrogens (tertiary/aromatic N) is 5. The molecule has 0 aliphatic carbocycles. The summed E-state index contributed by atoms with van der Waals surface area (Å²) < 4.78 is 1.97. The minimum Gasteiger partial charge on any atom is -0.356 e. The summed E-state index contributed by atoms with van der Waals surface area (Å²) in [6, 6.07) is 12.7. The van der Waals surface area contributed by atoms with Gasteiger partial charge in [-0.2, -0.15) is 0 Å². The molecule has 8 heteroatoms. The van der Waals surface area contributed by atoms with Crippen LogP contribution in [-0.4, -0.2) is 58.3 Å². The highest BCUT2D eigenvalue weighted by Gasteiger charge is 2.27. The average Bonchev–Trinajstić information content (AvgIpc) is 3.54. The Morgan fingerprint density at radius 3 is 2.75 bits per heavy atom. The van der Waals surface area contributed by atoms with E-state index in [0.29, 0.717) is 0 Å². The van der Waals surface area contributed by atoms with Crippen LogP contribution in [0.5, 0.6) is 0 Å². The highest BCUT2D eigenvalue weighted by atomic mass is 32.1. The van der Waals surface area contributed by atoms with Gasteiger partial charge in [-0.05, 0) is 48.9 Å². The van der Waals surface area contributed by atoms with Gasteiger partial charge in [0.2, 0.25) is 16.2 Å². The molecule has 2 aliphatic heterocycles. The number of amides is 1. The monoisotopic (exact) mass is 450 g/mol. The molecule has 0 bridgehead atoms. The van der Waals surface area contributed by atoms with Crippen LogP contribution in [0.1, 0.15) is 30.4 Å². The van der Waals surface area contributed by atoms with Crippen LogP contribution in [0, 0.1) is 5.92 Å². The molecule has 2 aliphatic rings. The van der Waals surface area contributed by atoms with Gasteiger partial charge >= 0.3 is 0 Å². The van der Waals surface area contributed by atoms with Crippen molar-refractivity contribution in [3.8, 4) is 5.13 Å². The van der Waals surface area contributed by atoms with Crippen molar-refractivity contribution in [2.75, 3.05) is 37.6 Å². The van der Waals surface area contributed by atoms with E-state index in [4.69, 9.17) is 0 Å². The van der Waals surface area contributed by atoms with Crippen molar-refractivity contribution in [3.05, 3.63) is 59.9 Å². The fourth-order valence-electron chi connectivity index (χ4n) is 4.67. The molecule has 3 aromatic rings. The molecule has 0 spiro atoms. The van der Waals surface area contributed by atoms with Crippen LogP contribution in [0.25, 0.3) is 5.13 Å². The van der Waals surface area contributed by atoms with Crippen molar-refractivity contribution in [3.63, 3.8) is 0 Å². The number of anilines is 1. The van der Waals surface area contributed by atoms with Crippen molar-refractivity contribution in [1.29, 1.82) is 0 Å². The number of aromatic nitrogens is 3. The molecule has 2 aromatic heterocycles. The largest absolute Gasteiger partial charge is 0.356 e. The summed E-state index contributed by atoms with van der Waals surface area (Å²) in [6.07, 6.45) is 8.00. The first-order valence-corrected chi connectivity index (χ1v) is 12.4. The van der Waals surface area contributed by atoms with E-state index in [2.05, 4.69) is 49.6 Å². The standard InChI is InChI=1S/C24H30N6OS/c31-22(25-11-6-12-28-16-10-19-7-1-2-8-20(19)17-28)21-9-5-15-30(18-21)24-27-26-23(32-24)29-13-3-4-14-29/h1-4,7-8,13-14,21H,5-6,9-12,15-18H2,(H,25,31)/t21-/m0/s1. The lowest BCUT2D eigenvalue weighted by Crippen LogP contribution is -2.43. The van der Waals surface area contributed by atoms with Crippen LogP contribution in [-0.2, 0) is 17.8 Å². The fraction of sp³-hybridized carbons (Fsp3) is 0.458. The zero-order valence-corrected chi connectivity index (χ0v) is 19.1. The average molecular weight is 451 g/mol. The molecule has 7 nitrogen and oxygen atoms in total. The summed E-state index contributed by atoms with van der Waals surface area (Å²) in [5.41, 5.74) is 2.93. The van der Waals surface area contributed by atoms with Crippen LogP contribution in [0.3, 0.4) is 0 Å². The predicted molar refractivity (Wildman–Crippen MR) is 127 cm³/mol. The SMILES string of the molecule is O=C(NCCCN1CCc2ccccc2C1)[C@H]1CCCN(c2nnc(-n3cccc3)s2)C1. The molecule has 5 rings (SSSR count). The summed E-state index contributed by atoms with van der Waals surface area (Å²) in [6.45, 7) is 5.54. The maximum absolute atomic E-state index is 12.8. The first kappa shape index (κ1) is 21.2. The van der Waals surface area contributed by atoms with Crippen LogP contribution in [0.4, 0.5) is 5.13 Å². The normalized spacial score (nSPS) is 19.0. The minimum atomic E-state index is 0.0181. The second-order valence-electron chi connectivity index (χ2n) is 8.68. The smallest absolute Gasteiger partial charge is 0.224 e. The van der Waals surface area contributed by atoms with Crippen LogP contribution in [0.2, 0.25) is 0 Å². The van der Waals surface area contributed by atoms with Gasteiger partial charge in [0.15, 0.2) is 0 Å². The molecule has 4 heterocycles. The Balaban J connectivity index is 1.07. The third kappa shape index (κ3) is 4.86. The molecular weight excluding hydrogens is 420 g/mol. The number of benzene rings is 1. The van der Waals surface area contributed by atoms with Gasteiger partial charge in [-0.15, -0.1) is 10.2 Å². The van der Waals surface area contributed by atoms with E-state index in [0.717, 1.165) is 75.2 Å². The minimum absolute atomic E-state index is 0.0181. The fourth-order valence-corrected chi connectivity index (χ4v) is 5.52. The third-order valence-corrected chi connectivity index (χ3v) is 7.45. The number of hydrogen-bond acceptors (Lipinski definition) is 6. The van der Waals surface area contributed by atoms with E-state index in [-0.39, 0.29) is 11.8 Å². The molecule has 1 atom stereocenters. The Morgan fingerprint density at radius 1 is 1.06 bits per heavy atom. The number of piperidine rings is 1. The highest BCUT2D eigenvalue weighted by molar-refractivity contribution is 7.17. The van der Waals surface area contributed by atoms with Crippen molar-refractivity contribution in [1.82, 2.24) is 25.0 Å². The number of carbonyl (C=O) groups excluding carboxylic acids is 1. The summed E-state index contributed by atoms with van der Waals surface area (Å²) in [4.78, 5) is 17.5. The molecule has 0 unspecified atom stereocenters. The lowest BCUT2D eigenvalue weighted by atomic mass is 9.97. The number of rotatable bonds is 7. The summed E-state index contributed by atoms with van der Waals surface area (Å²) in [7, 11) is 0. The van der Waals surface area contributed by atoms with Gasteiger partial charge < -0.3 is 10.2 Å². The zero-order valence-electron chi connectivity index (χ0n) is 18.3. The molecule has 1 aromatic carbocycles. The third-order valence-electron chi connectivity index (χ3n) is 6.45. The lowest BCUT2D eigenvalue weighted by Gasteiger charge is -2.31. The van der Waals surface area contributed by atoms with Gasteiger partial charge in [-0.3, -0.25) is 14.3 Å². The second kappa shape index (κ2) is 9.83. The number of fused-ring (bicyclic) bond motifs is 1. The molecule has 1 saturated heterocycles. The van der Waals surface area contributed by atoms with Crippen molar-refractivity contribution >= 4 is 22.4 Å². The second-order valence-corrected chi connectivity index (χ2v) is 9.62. The van der Waals surface area contributed by atoms with Crippen LogP contribution < -0.4 is 10.2 Å². The molecule has 0 radical (unpaired) electrons. The van der Waals surface area contributed by atoms with Gasteiger partial charge in [0.05, 0.1) is 5.92 Å². The number of nitrogens with one attached hydrogen (secondary N) is 1. The van der Waals surface area contributed by atoms with Crippen molar-refractivity contribution in [2.24, 2.45) is 5.92 Å². The van der Waals surface area contributed by atoms with E-state index >= 15 is 0 Å². The molecule has 32 heavy (non-hydrogen) atoms. The number of hydrogen-bond donors (Lipinski definition) is 1. The van der Waals surface area contributed by atoms with E-state index in [1.807, 2.05) is 29.1 Å². The Bertz CT molecular complexity index is 1030. The maximum Gasteiger partial charge on any atom is 0.224 e. The molecule has 1 amide bonds. The van der Waals surface area contributed by atoms with Gasteiger partial charge in [0.1, 0.15) is 0 Å². The van der Waals surface area contributed by atoms with E-state index < -0.39 is 0 Å². The molecular formula is C24H30N6OS. The van der Waals surface area contributed by atoms with E-state index in [1.165, 1.54) is 11.1 Å². The van der Waals surface area contributed by atoms with Crippen LogP contribution >= 0.6 is 11.3 Å². The molecule has 168 valence electrons. The lowest BCUT2D eigenvalue weighted by molar-refractivity contribution is -0.125. The van der Waals surface area contributed by atoms with Gasteiger partial charge in [0, 0.05) is 51.7 Å². The Kier molecular flexibility index (Phi) is 6.50. The van der Waals surface area contributed by atoms with Crippen molar-refractivity contribution in [2.45, 2.75) is 32.2 Å². The first-order chi connectivity index (χ1) is 15.8. The Hall–Kier alpha value is -2.71. The van der Waals surface area contributed by atoms with Crippen molar-refractivity contribution < 1.29 is 4.79 Å². The van der Waals surface area contributed by atoms with E-state index in [9.17, 15) is 4.79 Å². The topological polar surface area (TPSA) is 66.3 Å². The molecule has 0 saturated carbocycles. The Labute approximate surface area is 193 Å². The van der Waals surface area contributed by atoms with Gasteiger partial charge in [-0.25, -0.2) is 0 Å². The highest BCUT2D eigenvalue weighted by Crippen LogP contribution is 2.28. The maximum atomic E-state index is 12.8. The summed E-state index contributed by atoms with van der Waals surface area (Å²) in [5, 5.41) is 13.6. The first-order valence-electron chi connectivity index (χ1n) is 11.5. The quantitative estimate of drug-likeness (QED) is 0.561. The van der Waals surface area contributed by atoms with Gasteiger partial charge in [-0.1, -0.05) is 35.6 Å².